The fourth-order valence-electron chi connectivity index (χ4n) is 2.91. The van der Waals surface area contributed by atoms with Gasteiger partial charge in [0, 0.05) is 23.3 Å². The number of amides is 1. The predicted octanol–water partition coefficient (Wildman–Crippen LogP) is 4.11. The molecule has 1 heterocycles. The van der Waals surface area contributed by atoms with Crippen LogP contribution in [0.4, 0.5) is 10.2 Å². The van der Waals surface area contributed by atoms with E-state index in [1.54, 1.807) is 47.1 Å². The number of hydrogen-bond donors (Lipinski definition) is 1. The van der Waals surface area contributed by atoms with Crippen LogP contribution >= 0.6 is 0 Å². The fraction of sp³-hybridized carbons (Fsp3) is 0.273. The molecule has 3 rings (SSSR count). The van der Waals surface area contributed by atoms with Gasteiger partial charge < -0.3 is 5.32 Å². The Labute approximate surface area is 175 Å². The second-order valence-electron chi connectivity index (χ2n) is 8.28. The van der Waals surface area contributed by atoms with Gasteiger partial charge in [-0.25, -0.2) is 17.5 Å². The molecular formula is C22H24FN3O3S. The van der Waals surface area contributed by atoms with E-state index in [9.17, 15) is 17.6 Å². The van der Waals surface area contributed by atoms with E-state index < -0.39 is 15.7 Å². The molecule has 2 aromatic carbocycles. The summed E-state index contributed by atoms with van der Waals surface area (Å²) in [6.45, 7) is 6.01. The molecule has 1 aromatic heterocycles. The summed E-state index contributed by atoms with van der Waals surface area (Å²) >= 11 is 0. The Bertz CT molecular complexity index is 1180. The van der Waals surface area contributed by atoms with Crippen molar-refractivity contribution in [2.45, 2.75) is 31.9 Å². The van der Waals surface area contributed by atoms with Crippen LogP contribution < -0.4 is 5.32 Å². The van der Waals surface area contributed by atoms with Crippen molar-refractivity contribution in [3.05, 3.63) is 77.2 Å². The molecule has 0 atom stereocenters. The summed E-state index contributed by atoms with van der Waals surface area (Å²) in [5, 5.41) is 7.44. The Balaban J connectivity index is 1.96. The van der Waals surface area contributed by atoms with Crippen molar-refractivity contribution in [1.29, 1.82) is 0 Å². The minimum absolute atomic E-state index is 0.143. The molecule has 30 heavy (non-hydrogen) atoms. The number of benzene rings is 2. The van der Waals surface area contributed by atoms with Gasteiger partial charge in [-0.3, -0.25) is 4.79 Å². The van der Waals surface area contributed by atoms with Gasteiger partial charge in [0.05, 0.1) is 17.1 Å². The van der Waals surface area contributed by atoms with E-state index in [4.69, 9.17) is 0 Å². The third-order valence-electron chi connectivity index (χ3n) is 4.41. The average molecular weight is 430 g/mol. The molecule has 0 saturated carbocycles. The van der Waals surface area contributed by atoms with Crippen LogP contribution in [0.1, 0.15) is 42.4 Å². The summed E-state index contributed by atoms with van der Waals surface area (Å²) in [5.41, 5.74) is 1.97. The van der Waals surface area contributed by atoms with E-state index in [1.807, 2.05) is 20.8 Å². The molecule has 0 aliphatic carbocycles. The second-order valence-corrected chi connectivity index (χ2v) is 10.4. The van der Waals surface area contributed by atoms with Gasteiger partial charge in [0.2, 0.25) is 0 Å². The van der Waals surface area contributed by atoms with E-state index in [2.05, 4.69) is 10.4 Å². The third kappa shape index (κ3) is 5.33. The number of hydrogen-bond acceptors (Lipinski definition) is 4. The largest absolute Gasteiger partial charge is 0.306 e. The summed E-state index contributed by atoms with van der Waals surface area (Å²) in [5.74, 6) is -0.468. The number of carbonyl (C=O) groups is 1. The van der Waals surface area contributed by atoms with Crippen molar-refractivity contribution in [3.8, 4) is 5.69 Å². The highest BCUT2D eigenvalue weighted by atomic mass is 32.2. The van der Waals surface area contributed by atoms with Crippen LogP contribution in [0.2, 0.25) is 0 Å². The lowest BCUT2D eigenvalue weighted by Crippen LogP contribution is -2.15. The van der Waals surface area contributed by atoms with Gasteiger partial charge in [-0.1, -0.05) is 32.9 Å². The Morgan fingerprint density at radius 2 is 1.77 bits per heavy atom. The first-order valence-electron chi connectivity index (χ1n) is 9.37. The molecule has 158 valence electrons. The monoisotopic (exact) mass is 429 g/mol. The molecule has 0 bridgehead atoms. The lowest BCUT2D eigenvalue weighted by Gasteiger charge is -2.14. The van der Waals surface area contributed by atoms with Gasteiger partial charge in [0.25, 0.3) is 5.91 Å². The first kappa shape index (κ1) is 21.7. The normalized spacial score (nSPS) is 12.0. The van der Waals surface area contributed by atoms with Gasteiger partial charge in [0.15, 0.2) is 9.84 Å². The summed E-state index contributed by atoms with van der Waals surface area (Å²) in [6, 6.07) is 14.1. The SMILES string of the molecule is CC(C)(C)c1cc(NC(=O)c2cccc(CS(C)(=O)=O)c2)n(-c2ccc(F)cc2)n1. The number of sulfone groups is 1. The number of anilines is 1. The molecular weight excluding hydrogens is 405 g/mol. The Morgan fingerprint density at radius 1 is 1.10 bits per heavy atom. The van der Waals surface area contributed by atoms with E-state index in [0.29, 0.717) is 22.6 Å². The maximum atomic E-state index is 13.3. The maximum absolute atomic E-state index is 13.3. The topological polar surface area (TPSA) is 81.1 Å². The Morgan fingerprint density at radius 3 is 2.37 bits per heavy atom. The van der Waals surface area contributed by atoms with E-state index in [0.717, 1.165) is 11.9 Å². The molecule has 0 fully saturated rings. The van der Waals surface area contributed by atoms with Crippen molar-refractivity contribution in [2.75, 3.05) is 11.6 Å². The van der Waals surface area contributed by atoms with Crippen LogP contribution in [0, 0.1) is 5.82 Å². The van der Waals surface area contributed by atoms with Gasteiger partial charge in [0.1, 0.15) is 11.6 Å². The average Bonchev–Trinajstić information content (AvgIpc) is 3.05. The summed E-state index contributed by atoms with van der Waals surface area (Å²) in [4.78, 5) is 12.9. The minimum atomic E-state index is -3.21. The number of nitrogens with zero attached hydrogens (tertiary/aromatic N) is 2. The third-order valence-corrected chi connectivity index (χ3v) is 5.27. The molecule has 0 unspecified atom stereocenters. The summed E-state index contributed by atoms with van der Waals surface area (Å²) in [6.07, 6.45) is 1.15. The van der Waals surface area contributed by atoms with Crippen LogP contribution in [0.3, 0.4) is 0 Å². The van der Waals surface area contributed by atoms with Crippen molar-refractivity contribution < 1.29 is 17.6 Å². The van der Waals surface area contributed by atoms with Gasteiger partial charge in [-0.15, -0.1) is 0 Å². The molecule has 3 aromatic rings. The first-order valence-corrected chi connectivity index (χ1v) is 11.4. The standard InChI is InChI=1S/C22H24FN3O3S/c1-22(2,3)19-13-20(26(25-19)18-10-8-17(23)9-11-18)24-21(27)16-7-5-6-15(12-16)14-30(4,28)29/h5-13H,14H2,1-4H3,(H,24,27). The van der Waals surface area contributed by atoms with Gasteiger partial charge >= 0.3 is 0 Å². The first-order chi connectivity index (χ1) is 13.9. The highest BCUT2D eigenvalue weighted by Crippen LogP contribution is 2.27. The molecule has 0 saturated heterocycles. The molecule has 1 N–H and O–H groups in total. The van der Waals surface area contributed by atoms with Crippen molar-refractivity contribution in [2.24, 2.45) is 0 Å². The highest BCUT2D eigenvalue weighted by Gasteiger charge is 2.22. The zero-order valence-electron chi connectivity index (χ0n) is 17.3. The lowest BCUT2D eigenvalue weighted by molar-refractivity contribution is 0.102. The van der Waals surface area contributed by atoms with Crippen LogP contribution in [0.25, 0.3) is 5.69 Å². The van der Waals surface area contributed by atoms with E-state index in [-0.39, 0.29) is 17.0 Å². The molecule has 0 aliphatic rings. The number of carbonyl (C=O) groups excluding carboxylic acids is 1. The van der Waals surface area contributed by atoms with Crippen LogP contribution in [0.5, 0.6) is 0 Å². The minimum Gasteiger partial charge on any atom is -0.306 e. The lowest BCUT2D eigenvalue weighted by atomic mass is 9.92. The predicted molar refractivity (Wildman–Crippen MR) is 115 cm³/mol. The Hall–Kier alpha value is -3.00. The fourth-order valence-corrected chi connectivity index (χ4v) is 3.69. The van der Waals surface area contributed by atoms with Crippen molar-refractivity contribution in [1.82, 2.24) is 9.78 Å². The van der Waals surface area contributed by atoms with Crippen LogP contribution in [-0.2, 0) is 21.0 Å². The molecule has 0 aliphatic heterocycles. The van der Waals surface area contributed by atoms with Gasteiger partial charge in [-0.2, -0.15) is 5.10 Å². The smallest absolute Gasteiger partial charge is 0.256 e. The zero-order chi connectivity index (χ0) is 22.1. The zero-order valence-corrected chi connectivity index (χ0v) is 18.1. The van der Waals surface area contributed by atoms with E-state index >= 15 is 0 Å². The number of aromatic nitrogens is 2. The number of rotatable bonds is 5. The van der Waals surface area contributed by atoms with E-state index in [1.165, 1.54) is 12.1 Å². The highest BCUT2D eigenvalue weighted by molar-refractivity contribution is 7.89. The quantitative estimate of drug-likeness (QED) is 0.662. The van der Waals surface area contributed by atoms with Crippen LogP contribution in [0.15, 0.2) is 54.6 Å². The molecule has 8 heteroatoms. The van der Waals surface area contributed by atoms with Crippen molar-refractivity contribution >= 4 is 21.6 Å². The second kappa shape index (κ2) is 8.02. The number of nitrogens with one attached hydrogen (secondary N) is 1. The Kier molecular flexibility index (Phi) is 5.81. The van der Waals surface area contributed by atoms with Crippen molar-refractivity contribution in [3.63, 3.8) is 0 Å². The molecule has 0 spiro atoms. The summed E-state index contributed by atoms with van der Waals surface area (Å²) < 4.78 is 38.0. The summed E-state index contributed by atoms with van der Waals surface area (Å²) in [7, 11) is -3.21. The van der Waals surface area contributed by atoms with Crippen LogP contribution in [-0.4, -0.2) is 30.4 Å². The maximum Gasteiger partial charge on any atom is 0.256 e. The van der Waals surface area contributed by atoms with Gasteiger partial charge in [-0.05, 0) is 42.0 Å². The molecule has 1 amide bonds. The molecule has 0 radical (unpaired) electrons. The number of halogens is 1. The molecule has 6 nitrogen and oxygen atoms in total.